The Morgan fingerprint density at radius 2 is 1.81 bits per heavy atom. The van der Waals surface area contributed by atoms with Gasteiger partial charge in [0, 0.05) is 19.3 Å². The van der Waals surface area contributed by atoms with E-state index in [1.807, 2.05) is 0 Å². The number of aromatic amines is 1. The fraction of sp³-hybridized carbons (Fsp3) is 0.294. The van der Waals surface area contributed by atoms with Crippen LogP contribution in [0.2, 0.25) is 0 Å². The lowest BCUT2D eigenvalue weighted by atomic mass is 10.2. The number of ketones is 1. The normalized spacial score (nSPS) is 15.5. The van der Waals surface area contributed by atoms with Crippen LogP contribution in [0, 0.1) is 0 Å². The van der Waals surface area contributed by atoms with E-state index in [0.29, 0.717) is 32.0 Å². The molecule has 0 amide bonds. The van der Waals surface area contributed by atoms with E-state index in [4.69, 9.17) is 9.47 Å². The number of carbonyl (C=O) groups is 2. The highest BCUT2D eigenvalue weighted by Gasteiger charge is 2.26. The fourth-order valence-electron chi connectivity index (χ4n) is 2.49. The minimum absolute atomic E-state index is 0.0958. The summed E-state index contributed by atoms with van der Waals surface area (Å²) in [6.45, 7) is 0.921. The zero-order chi connectivity index (χ0) is 18.6. The van der Waals surface area contributed by atoms with Gasteiger partial charge in [-0.25, -0.2) is 13.2 Å². The summed E-state index contributed by atoms with van der Waals surface area (Å²) in [5.41, 5.74) is 0.523. The van der Waals surface area contributed by atoms with Crippen LogP contribution in [0.15, 0.2) is 47.5 Å². The molecule has 1 aromatic carbocycles. The van der Waals surface area contributed by atoms with Crippen LogP contribution in [0.1, 0.15) is 20.8 Å². The van der Waals surface area contributed by atoms with Crippen LogP contribution in [0.5, 0.6) is 0 Å². The van der Waals surface area contributed by atoms with Gasteiger partial charge in [0.2, 0.25) is 15.8 Å². The highest BCUT2D eigenvalue weighted by molar-refractivity contribution is 7.89. The first-order chi connectivity index (χ1) is 12.5. The van der Waals surface area contributed by atoms with E-state index in [-0.39, 0.29) is 16.2 Å². The predicted octanol–water partition coefficient (Wildman–Crippen LogP) is 1.08. The van der Waals surface area contributed by atoms with Gasteiger partial charge in [-0.3, -0.25) is 4.79 Å². The Kier molecular flexibility index (Phi) is 5.50. The Hall–Kier alpha value is -2.49. The van der Waals surface area contributed by atoms with Crippen molar-refractivity contribution in [1.29, 1.82) is 0 Å². The number of hydrogen-bond donors (Lipinski definition) is 1. The molecule has 0 saturated carbocycles. The molecule has 1 aliphatic heterocycles. The summed E-state index contributed by atoms with van der Waals surface area (Å²) in [6, 6.07) is 8.70. The van der Waals surface area contributed by atoms with E-state index in [2.05, 4.69) is 4.98 Å². The molecule has 0 bridgehead atoms. The minimum Gasteiger partial charge on any atom is -0.454 e. The summed E-state index contributed by atoms with van der Waals surface area (Å²) >= 11 is 0. The highest BCUT2D eigenvalue weighted by Crippen LogP contribution is 2.18. The Morgan fingerprint density at radius 3 is 2.42 bits per heavy atom. The summed E-state index contributed by atoms with van der Waals surface area (Å²) in [7, 11) is -3.62. The monoisotopic (exact) mass is 378 g/mol. The number of morpholine rings is 1. The third-order valence-electron chi connectivity index (χ3n) is 3.93. The first-order valence-corrected chi connectivity index (χ1v) is 9.44. The Labute approximate surface area is 150 Å². The van der Waals surface area contributed by atoms with Crippen LogP contribution in [-0.4, -0.2) is 62.4 Å². The molecule has 26 heavy (non-hydrogen) atoms. The maximum atomic E-state index is 12.5. The summed E-state index contributed by atoms with van der Waals surface area (Å²) in [5.74, 6) is -1.05. The van der Waals surface area contributed by atoms with Gasteiger partial charge in [0.1, 0.15) is 0 Å². The SMILES string of the molecule is O=C(OCC(=O)c1ccc[nH]1)c1ccc(S(=O)(=O)N2CCOCC2)cc1. The maximum Gasteiger partial charge on any atom is 0.338 e. The Morgan fingerprint density at radius 1 is 1.12 bits per heavy atom. The number of nitrogens with one attached hydrogen (secondary N) is 1. The van der Waals surface area contributed by atoms with Crippen LogP contribution in [-0.2, 0) is 19.5 Å². The molecular formula is C17H18N2O6S. The Bertz CT molecular complexity index is 868. The second-order valence-electron chi connectivity index (χ2n) is 5.62. The van der Waals surface area contributed by atoms with Crippen molar-refractivity contribution in [3.8, 4) is 0 Å². The van der Waals surface area contributed by atoms with Crippen LogP contribution >= 0.6 is 0 Å². The van der Waals surface area contributed by atoms with Gasteiger partial charge in [0.25, 0.3) is 0 Å². The number of Topliss-reactive ketones (excluding diaryl/α,β-unsaturated/α-hetero) is 1. The summed E-state index contributed by atoms with van der Waals surface area (Å²) < 4.78 is 36.5. The molecule has 0 aliphatic carbocycles. The second kappa shape index (κ2) is 7.81. The van der Waals surface area contributed by atoms with Crippen molar-refractivity contribution >= 4 is 21.8 Å². The third-order valence-corrected chi connectivity index (χ3v) is 5.84. The van der Waals surface area contributed by atoms with Crippen molar-refractivity contribution in [3.63, 3.8) is 0 Å². The van der Waals surface area contributed by atoms with Crippen molar-refractivity contribution in [2.45, 2.75) is 4.90 Å². The number of carbonyl (C=O) groups excluding carboxylic acids is 2. The number of hydrogen-bond acceptors (Lipinski definition) is 6. The standard InChI is InChI=1S/C17H18N2O6S/c20-16(15-2-1-7-18-15)12-25-17(21)13-3-5-14(6-4-13)26(22,23)19-8-10-24-11-9-19/h1-7,18H,8-12H2. The van der Waals surface area contributed by atoms with Gasteiger partial charge in [-0.15, -0.1) is 0 Å². The largest absolute Gasteiger partial charge is 0.454 e. The van der Waals surface area contributed by atoms with E-state index in [1.165, 1.54) is 28.6 Å². The first kappa shape index (κ1) is 18.3. The lowest BCUT2D eigenvalue weighted by Crippen LogP contribution is -2.40. The zero-order valence-electron chi connectivity index (χ0n) is 13.9. The molecule has 0 spiro atoms. The molecule has 2 aromatic rings. The van der Waals surface area contributed by atoms with Gasteiger partial charge < -0.3 is 14.5 Å². The minimum atomic E-state index is -3.62. The summed E-state index contributed by atoms with van der Waals surface area (Å²) in [6.07, 6.45) is 1.60. The molecule has 0 unspecified atom stereocenters. The Balaban J connectivity index is 1.63. The lowest BCUT2D eigenvalue weighted by Gasteiger charge is -2.26. The van der Waals surface area contributed by atoms with Crippen LogP contribution < -0.4 is 0 Å². The van der Waals surface area contributed by atoms with Gasteiger partial charge in [-0.05, 0) is 36.4 Å². The first-order valence-electron chi connectivity index (χ1n) is 8.00. The van der Waals surface area contributed by atoms with E-state index < -0.39 is 22.6 Å². The molecule has 3 rings (SSSR count). The molecule has 0 atom stereocenters. The molecule has 138 valence electrons. The molecule has 1 aliphatic rings. The molecular weight excluding hydrogens is 360 g/mol. The quantitative estimate of drug-likeness (QED) is 0.595. The average Bonchev–Trinajstić information content (AvgIpc) is 3.21. The maximum absolute atomic E-state index is 12.5. The van der Waals surface area contributed by atoms with E-state index in [0.717, 1.165) is 0 Å². The number of ether oxygens (including phenoxy) is 2. The number of H-pyrrole nitrogens is 1. The zero-order valence-corrected chi connectivity index (χ0v) is 14.7. The van der Waals surface area contributed by atoms with Crippen LogP contribution in [0.25, 0.3) is 0 Å². The molecule has 1 fully saturated rings. The fourth-order valence-corrected chi connectivity index (χ4v) is 3.90. The summed E-state index contributed by atoms with van der Waals surface area (Å²) in [5, 5.41) is 0. The molecule has 1 N–H and O–H groups in total. The van der Waals surface area contributed by atoms with E-state index in [9.17, 15) is 18.0 Å². The number of nitrogens with zero attached hydrogens (tertiary/aromatic N) is 1. The van der Waals surface area contributed by atoms with Gasteiger partial charge in [0.15, 0.2) is 6.61 Å². The highest BCUT2D eigenvalue weighted by atomic mass is 32.2. The lowest BCUT2D eigenvalue weighted by molar-refractivity contribution is 0.0473. The van der Waals surface area contributed by atoms with Gasteiger partial charge >= 0.3 is 5.97 Å². The molecule has 2 heterocycles. The summed E-state index contributed by atoms with van der Waals surface area (Å²) in [4.78, 5) is 26.6. The number of benzene rings is 1. The number of rotatable bonds is 6. The van der Waals surface area contributed by atoms with Gasteiger partial charge in [0.05, 0.1) is 29.4 Å². The van der Waals surface area contributed by atoms with Crippen molar-refractivity contribution in [1.82, 2.24) is 9.29 Å². The van der Waals surface area contributed by atoms with Crippen molar-refractivity contribution in [2.24, 2.45) is 0 Å². The van der Waals surface area contributed by atoms with Crippen molar-refractivity contribution < 1.29 is 27.5 Å². The number of esters is 1. The number of aromatic nitrogens is 1. The predicted molar refractivity (Wildman–Crippen MR) is 91.4 cm³/mol. The van der Waals surface area contributed by atoms with E-state index >= 15 is 0 Å². The second-order valence-corrected chi connectivity index (χ2v) is 7.56. The molecule has 0 radical (unpaired) electrons. The van der Waals surface area contributed by atoms with Crippen LogP contribution in [0.3, 0.4) is 0 Å². The molecule has 1 aromatic heterocycles. The molecule has 1 saturated heterocycles. The number of sulfonamides is 1. The van der Waals surface area contributed by atoms with Crippen LogP contribution in [0.4, 0.5) is 0 Å². The topological polar surface area (TPSA) is 106 Å². The van der Waals surface area contributed by atoms with Crippen molar-refractivity contribution in [3.05, 3.63) is 53.9 Å². The smallest absolute Gasteiger partial charge is 0.338 e. The van der Waals surface area contributed by atoms with Gasteiger partial charge in [-0.2, -0.15) is 4.31 Å². The van der Waals surface area contributed by atoms with Crippen molar-refractivity contribution in [2.75, 3.05) is 32.9 Å². The molecule has 9 heteroatoms. The third kappa shape index (κ3) is 4.01. The van der Waals surface area contributed by atoms with Gasteiger partial charge in [-0.1, -0.05) is 0 Å². The van der Waals surface area contributed by atoms with E-state index in [1.54, 1.807) is 18.3 Å². The average molecular weight is 378 g/mol. The molecule has 8 nitrogen and oxygen atoms in total.